The lowest BCUT2D eigenvalue weighted by molar-refractivity contribution is -0.125. The minimum absolute atomic E-state index is 0.0375. The Morgan fingerprint density at radius 2 is 2.00 bits per heavy atom. The third-order valence-corrected chi connectivity index (χ3v) is 4.82. The number of ether oxygens (including phenoxy) is 1. The van der Waals surface area contributed by atoms with Gasteiger partial charge in [-0.2, -0.15) is 0 Å². The van der Waals surface area contributed by atoms with E-state index < -0.39 is 0 Å². The maximum Gasteiger partial charge on any atom is 0.234 e. The monoisotopic (exact) mass is 396 g/mol. The summed E-state index contributed by atoms with van der Waals surface area (Å²) in [5.41, 5.74) is 0.862. The van der Waals surface area contributed by atoms with Crippen molar-refractivity contribution in [2.45, 2.75) is 19.8 Å². The molecule has 29 heavy (non-hydrogen) atoms. The van der Waals surface area contributed by atoms with Gasteiger partial charge in [-0.05, 0) is 50.6 Å². The van der Waals surface area contributed by atoms with Crippen LogP contribution in [-0.4, -0.2) is 54.5 Å². The SMILES string of the molecule is Cc1cccc(NC(=O)C2CCCN(CC(=O)NCCOc3ccccc3)C2)n1. The van der Waals surface area contributed by atoms with Crippen LogP contribution in [0.4, 0.5) is 5.82 Å². The molecule has 0 spiro atoms. The van der Waals surface area contributed by atoms with E-state index in [1.54, 1.807) is 6.07 Å². The number of nitrogens with zero attached hydrogens (tertiary/aromatic N) is 2. The number of aromatic nitrogens is 1. The molecule has 7 nitrogen and oxygen atoms in total. The number of para-hydroxylation sites is 1. The topological polar surface area (TPSA) is 83.6 Å². The summed E-state index contributed by atoms with van der Waals surface area (Å²) in [6.45, 7) is 4.44. The number of hydrogen-bond acceptors (Lipinski definition) is 5. The maximum absolute atomic E-state index is 12.6. The fourth-order valence-corrected chi connectivity index (χ4v) is 3.39. The third kappa shape index (κ3) is 6.87. The zero-order chi connectivity index (χ0) is 20.5. The second kappa shape index (κ2) is 10.6. The molecule has 1 atom stereocenters. The molecule has 2 aromatic rings. The lowest BCUT2D eigenvalue weighted by atomic mass is 9.97. The molecule has 2 N–H and O–H groups in total. The Balaban J connectivity index is 1.38. The van der Waals surface area contributed by atoms with Gasteiger partial charge in [-0.1, -0.05) is 24.3 Å². The molecular formula is C22H28N4O3. The first kappa shape index (κ1) is 20.8. The molecule has 0 saturated carbocycles. The number of piperidine rings is 1. The summed E-state index contributed by atoms with van der Waals surface area (Å²) < 4.78 is 5.57. The van der Waals surface area contributed by atoms with Gasteiger partial charge in [-0.3, -0.25) is 14.5 Å². The molecule has 2 heterocycles. The van der Waals surface area contributed by atoms with E-state index in [0.29, 0.717) is 25.5 Å². The number of nitrogens with one attached hydrogen (secondary N) is 2. The summed E-state index contributed by atoms with van der Waals surface area (Å²) in [7, 11) is 0. The molecule has 1 aromatic carbocycles. The summed E-state index contributed by atoms with van der Waals surface area (Å²) in [4.78, 5) is 31.1. The van der Waals surface area contributed by atoms with Crippen LogP contribution >= 0.6 is 0 Å². The predicted octanol–water partition coefficient (Wildman–Crippen LogP) is 2.24. The Morgan fingerprint density at radius 3 is 2.79 bits per heavy atom. The van der Waals surface area contributed by atoms with Crippen LogP contribution in [0.1, 0.15) is 18.5 Å². The summed E-state index contributed by atoms with van der Waals surface area (Å²) in [5.74, 6) is 1.13. The lowest BCUT2D eigenvalue weighted by Gasteiger charge is -2.31. The van der Waals surface area contributed by atoms with E-state index in [1.165, 1.54) is 0 Å². The Kier molecular flexibility index (Phi) is 7.58. The number of amides is 2. The van der Waals surface area contributed by atoms with Crippen molar-refractivity contribution in [3.63, 3.8) is 0 Å². The van der Waals surface area contributed by atoms with E-state index in [2.05, 4.69) is 15.6 Å². The van der Waals surface area contributed by atoms with E-state index in [1.807, 2.05) is 54.3 Å². The van der Waals surface area contributed by atoms with Gasteiger partial charge in [0.2, 0.25) is 11.8 Å². The molecule has 1 aliphatic heterocycles. The van der Waals surface area contributed by atoms with Crippen LogP contribution in [-0.2, 0) is 9.59 Å². The van der Waals surface area contributed by atoms with Gasteiger partial charge in [0.1, 0.15) is 18.2 Å². The number of likely N-dealkylation sites (tertiary alicyclic amines) is 1. The second-order valence-electron chi connectivity index (χ2n) is 7.24. The molecular weight excluding hydrogens is 368 g/mol. The number of rotatable bonds is 8. The predicted molar refractivity (Wildman–Crippen MR) is 112 cm³/mol. The third-order valence-electron chi connectivity index (χ3n) is 4.82. The molecule has 3 rings (SSSR count). The van der Waals surface area contributed by atoms with Crippen LogP contribution in [0.15, 0.2) is 48.5 Å². The minimum atomic E-state index is -0.139. The largest absolute Gasteiger partial charge is 0.492 e. The molecule has 0 radical (unpaired) electrons. The first-order valence-electron chi connectivity index (χ1n) is 10.0. The van der Waals surface area contributed by atoms with E-state index in [-0.39, 0.29) is 24.3 Å². The van der Waals surface area contributed by atoms with Crippen molar-refractivity contribution in [1.82, 2.24) is 15.2 Å². The normalized spacial score (nSPS) is 16.8. The highest BCUT2D eigenvalue weighted by molar-refractivity contribution is 5.92. The lowest BCUT2D eigenvalue weighted by Crippen LogP contribution is -2.45. The van der Waals surface area contributed by atoms with Gasteiger partial charge in [0.05, 0.1) is 19.0 Å². The highest BCUT2D eigenvalue weighted by atomic mass is 16.5. The number of carbonyl (C=O) groups is 2. The Hall–Kier alpha value is -2.93. The molecule has 1 saturated heterocycles. The van der Waals surface area contributed by atoms with Crippen molar-refractivity contribution >= 4 is 17.6 Å². The van der Waals surface area contributed by atoms with Gasteiger partial charge in [0, 0.05) is 12.2 Å². The Labute approximate surface area is 171 Å². The van der Waals surface area contributed by atoms with Crippen LogP contribution in [0.2, 0.25) is 0 Å². The van der Waals surface area contributed by atoms with Gasteiger partial charge in [-0.15, -0.1) is 0 Å². The second-order valence-corrected chi connectivity index (χ2v) is 7.24. The molecule has 0 aliphatic carbocycles. The first-order chi connectivity index (χ1) is 14.1. The van der Waals surface area contributed by atoms with E-state index >= 15 is 0 Å². The number of carbonyl (C=O) groups excluding carboxylic acids is 2. The molecule has 2 amide bonds. The highest BCUT2D eigenvalue weighted by Gasteiger charge is 2.27. The van der Waals surface area contributed by atoms with Gasteiger partial charge < -0.3 is 15.4 Å². The fraction of sp³-hybridized carbons (Fsp3) is 0.409. The van der Waals surface area contributed by atoms with Gasteiger partial charge in [-0.25, -0.2) is 4.98 Å². The fourth-order valence-electron chi connectivity index (χ4n) is 3.39. The van der Waals surface area contributed by atoms with E-state index in [0.717, 1.165) is 30.8 Å². The van der Waals surface area contributed by atoms with Gasteiger partial charge in [0.15, 0.2) is 0 Å². The maximum atomic E-state index is 12.6. The molecule has 1 aromatic heterocycles. The summed E-state index contributed by atoms with van der Waals surface area (Å²) in [6.07, 6.45) is 1.71. The smallest absolute Gasteiger partial charge is 0.234 e. The molecule has 0 bridgehead atoms. The van der Waals surface area contributed by atoms with Crippen molar-refractivity contribution in [3.05, 3.63) is 54.2 Å². The van der Waals surface area contributed by atoms with Crippen molar-refractivity contribution in [1.29, 1.82) is 0 Å². The number of pyridine rings is 1. The van der Waals surface area contributed by atoms with Gasteiger partial charge in [0.25, 0.3) is 0 Å². The van der Waals surface area contributed by atoms with Crippen LogP contribution in [0.3, 0.4) is 0 Å². The number of aryl methyl sites for hydroxylation is 1. The molecule has 1 aliphatic rings. The van der Waals surface area contributed by atoms with Crippen LogP contribution in [0.25, 0.3) is 0 Å². The quantitative estimate of drug-likeness (QED) is 0.669. The van der Waals surface area contributed by atoms with Crippen LogP contribution in [0.5, 0.6) is 5.75 Å². The first-order valence-corrected chi connectivity index (χ1v) is 10.0. The number of benzene rings is 1. The Bertz CT molecular complexity index is 813. The Morgan fingerprint density at radius 1 is 1.17 bits per heavy atom. The van der Waals surface area contributed by atoms with Gasteiger partial charge >= 0.3 is 0 Å². The van der Waals surface area contributed by atoms with Crippen molar-refractivity contribution in [2.24, 2.45) is 5.92 Å². The van der Waals surface area contributed by atoms with Crippen LogP contribution in [0, 0.1) is 12.8 Å². The highest BCUT2D eigenvalue weighted by Crippen LogP contribution is 2.18. The summed E-state index contributed by atoms with van der Waals surface area (Å²) in [6, 6.07) is 15.1. The average molecular weight is 396 g/mol. The van der Waals surface area contributed by atoms with Crippen molar-refractivity contribution in [2.75, 3.05) is 38.1 Å². The number of hydrogen-bond donors (Lipinski definition) is 2. The molecule has 1 unspecified atom stereocenters. The number of anilines is 1. The zero-order valence-corrected chi connectivity index (χ0v) is 16.8. The summed E-state index contributed by atoms with van der Waals surface area (Å²) in [5, 5.41) is 5.76. The molecule has 154 valence electrons. The van der Waals surface area contributed by atoms with Crippen LogP contribution < -0.4 is 15.4 Å². The minimum Gasteiger partial charge on any atom is -0.492 e. The standard InChI is InChI=1S/C22H28N4O3/c1-17-7-5-11-20(24-17)25-22(28)18-8-6-13-26(15-18)16-21(27)23-12-14-29-19-9-3-2-4-10-19/h2-5,7,9-11,18H,6,8,12-16H2,1H3,(H,23,27)(H,24,25,28). The average Bonchev–Trinajstić information content (AvgIpc) is 2.72. The zero-order valence-electron chi connectivity index (χ0n) is 16.8. The van der Waals surface area contributed by atoms with E-state index in [9.17, 15) is 9.59 Å². The molecule has 7 heteroatoms. The van der Waals surface area contributed by atoms with Crippen molar-refractivity contribution in [3.8, 4) is 5.75 Å². The van der Waals surface area contributed by atoms with E-state index in [4.69, 9.17) is 4.74 Å². The van der Waals surface area contributed by atoms with Crippen molar-refractivity contribution < 1.29 is 14.3 Å². The summed E-state index contributed by atoms with van der Waals surface area (Å²) >= 11 is 0. The molecule has 1 fully saturated rings.